The molecule has 3 atom stereocenters. The molecule has 1 aromatic heterocycles. The number of hydrogen-bond donors (Lipinski definition) is 1. The van der Waals surface area contributed by atoms with Crippen molar-refractivity contribution in [3.8, 4) is 0 Å². The van der Waals surface area contributed by atoms with Gasteiger partial charge in [-0.2, -0.15) is 0 Å². The quantitative estimate of drug-likeness (QED) is 0.770. The molecule has 1 N–H and O–H groups in total. The van der Waals surface area contributed by atoms with E-state index in [-0.39, 0.29) is 11.7 Å². The van der Waals surface area contributed by atoms with E-state index in [0.717, 1.165) is 28.8 Å². The molecule has 2 bridgehead atoms. The predicted molar refractivity (Wildman–Crippen MR) is 81.6 cm³/mol. The molecule has 2 aliphatic carbocycles. The molecule has 0 aliphatic heterocycles. The van der Waals surface area contributed by atoms with Gasteiger partial charge in [-0.05, 0) is 43.2 Å². The van der Waals surface area contributed by atoms with Crippen LogP contribution in [0.4, 0.5) is 0 Å². The number of fused-ring (bicyclic) bond motifs is 3. The van der Waals surface area contributed by atoms with Gasteiger partial charge in [0.15, 0.2) is 5.78 Å². The van der Waals surface area contributed by atoms with E-state index >= 15 is 0 Å². The van der Waals surface area contributed by atoms with Crippen molar-refractivity contribution >= 4 is 39.9 Å². The highest BCUT2D eigenvalue weighted by Crippen LogP contribution is 2.49. The number of benzene rings is 1. The summed E-state index contributed by atoms with van der Waals surface area (Å²) in [5, 5.41) is 1.97. The Morgan fingerprint density at radius 1 is 1.20 bits per heavy atom. The molecule has 0 amide bonds. The standard InChI is InChI=1S/C16H15Cl2NO/c17-10-5-13(18)15-12(7-19-14(15)6-10)16(20)11-4-8-1-2-9(11)3-8/h5-9,11,19H,1-4H2. The Labute approximate surface area is 127 Å². The highest BCUT2D eigenvalue weighted by molar-refractivity contribution is 6.39. The van der Waals surface area contributed by atoms with Crippen LogP contribution in [0.5, 0.6) is 0 Å². The van der Waals surface area contributed by atoms with E-state index in [4.69, 9.17) is 23.2 Å². The zero-order valence-corrected chi connectivity index (χ0v) is 12.5. The van der Waals surface area contributed by atoms with Gasteiger partial charge < -0.3 is 4.98 Å². The zero-order chi connectivity index (χ0) is 13.9. The molecule has 4 rings (SSSR count). The second-order valence-electron chi connectivity index (χ2n) is 6.16. The van der Waals surface area contributed by atoms with Crippen molar-refractivity contribution in [1.82, 2.24) is 4.98 Å². The van der Waals surface area contributed by atoms with Gasteiger partial charge in [0.25, 0.3) is 0 Å². The summed E-state index contributed by atoms with van der Waals surface area (Å²) in [4.78, 5) is 16.0. The number of nitrogens with one attached hydrogen (secondary N) is 1. The lowest BCUT2D eigenvalue weighted by Gasteiger charge is -2.20. The van der Waals surface area contributed by atoms with Gasteiger partial charge in [-0.25, -0.2) is 0 Å². The molecule has 2 fully saturated rings. The van der Waals surface area contributed by atoms with Crippen LogP contribution in [0.2, 0.25) is 10.0 Å². The van der Waals surface area contributed by atoms with E-state index in [1.165, 1.54) is 19.3 Å². The van der Waals surface area contributed by atoms with Gasteiger partial charge in [-0.3, -0.25) is 4.79 Å². The number of carbonyl (C=O) groups excluding carboxylic acids is 1. The lowest BCUT2D eigenvalue weighted by atomic mass is 9.83. The molecule has 104 valence electrons. The first-order valence-corrected chi connectivity index (χ1v) is 7.89. The summed E-state index contributed by atoms with van der Waals surface area (Å²) >= 11 is 12.3. The number of hydrogen-bond acceptors (Lipinski definition) is 1. The molecule has 0 saturated heterocycles. The largest absolute Gasteiger partial charge is 0.360 e. The maximum Gasteiger partial charge on any atom is 0.168 e. The first-order chi connectivity index (χ1) is 9.63. The molecule has 3 unspecified atom stereocenters. The van der Waals surface area contributed by atoms with Crippen LogP contribution in [0.25, 0.3) is 10.9 Å². The Morgan fingerprint density at radius 2 is 2.05 bits per heavy atom. The van der Waals surface area contributed by atoms with E-state index < -0.39 is 0 Å². The van der Waals surface area contributed by atoms with Crippen LogP contribution in [-0.2, 0) is 0 Å². The molecule has 1 aromatic carbocycles. The summed E-state index contributed by atoms with van der Waals surface area (Å²) in [7, 11) is 0. The highest BCUT2D eigenvalue weighted by Gasteiger charge is 2.43. The summed E-state index contributed by atoms with van der Waals surface area (Å²) in [6, 6.07) is 3.53. The van der Waals surface area contributed by atoms with Crippen molar-refractivity contribution in [1.29, 1.82) is 0 Å². The zero-order valence-electron chi connectivity index (χ0n) is 11.0. The number of rotatable bonds is 2. The third kappa shape index (κ3) is 1.82. The smallest absolute Gasteiger partial charge is 0.168 e. The van der Waals surface area contributed by atoms with Crippen LogP contribution < -0.4 is 0 Å². The Bertz CT molecular complexity index is 706. The molecule has 20 heavy (non-hydrogen) atoms. The number of ketones is 1. The van der Waals surface area contributed by atoms with Crippen molar-refractivity contribution < 1.29 is 4.79 Å². The van der Waals surface area contributed by atoms with Crippen LogP contribution >= 0.6 is 23.2 Å². The van der Waals surface area contributed by atoms with Crippen molar-refractivity contribution in [3.05, 3.63) is 33.9 Å². The number of Topliss-reactive ketones (excluding diaryl/α,β-unsaturated/α-hetero) is 1. The van der Waals surface area contributed by atoms with E-state index in [2.05, 4.69) is 4.98 Å². The first kappa shape index (κ1) is 12.7. The second-order valence-corrected chi connectivity index (χ2v) is 7.00. The first-order valence-electron chi connectivity index (χ1n) is 7.14. The minimum Gasteiger partial charge on any atom is -0.360 e. The highest BCUT2D eigenvalue weighted by atomic mass is 35.5. The van der Waals surface area contributed by atoms with Gasteiger partial charge in [-0.1, -0.05) is 29.6 Å². The fourth-order valence-electron chi connectivity index (χ4n) is 4.14. The van der Waals surface area contributed by atoms with E-state index in [1.807, 2.05) is 6.07 Å². The minimum absolute atomic E-state index is 0.194. The molecular weight excluding hydrogens is 293 g/mol. The average Bonchev–Trinajstić information content (AvgIpc) is 3.11. The van der Waals surface area contributed by atoms with Gasteiger partial charge in [0, 0.05) is 33.6 Å². The number of halogens is 2. The van der Waals surface area contributed by atoms with E-state index in [9.17, 15) is 4.79 Å². The van der Waals surface area contributed by atoms with Gasteiger partial charge in [0.05, 0.1) is 5.02 Å². The Kier molecular flexibility index (Phi) is 2.87. The molecule has 0 spiro atoms. The van der Waals surface area contributed by atoms with Crippen molar-refractivity contribution in [3.63, 3.8) is 0 Å². The third-order valence-corrected chi connectivity index (χ3v) is 5.55. The van der Waals surface area contributed by atoms with Crippen LogP contribution in [0.3, 0.4) is 0 Å². The van der Waals surface area contributed by atoms with Gasteiger partial charge in [0.2, 0.25) is 0 Å². The summed E-state index contributed by atoms with van der Waals surface area (Å²) in [5.41, 5.74) is 1.58. The fraction of sp³-hybridized carbons (Fsp3) is 0.438. The molecule has 0 radical (unpaired) electrons. The lowest BCUT2D eigenvalue weighted by molar-refractivity contribution is 0.0876. The van der Waals surface area contributed by atoms with Gasteiger partial charge in [0.1, 0.15) is 0 Å². The molecule has 1 heterocycles. The maximum absolute atomic E-state index is 12.8. The normalized spacial score (nSPS) is 28.4. The van der Waals surface area contributed by atoms with Crippen LogP contribution in [-0.4, -0.2) is 10.8 Å². The minimum atomic E-state index is 0.194. The Hall–Kier alpha value is -0.990. The molecular formula is C16H15Cl2NO. The SMILES string of the molecule is O=C(c1c[nH]c2cc(Cl)cc(Cl)c12)C1CC2CCC1C2. The van der Waals surface area contributed by atoms with Crippen molar-refractivity contribution in [2.75, 3.05) is 0 Å². The Morgan fingerprint density at radius 3 is 2.75 bits per heavy atom. The number of aromatic amines is 1. The van der Waals surface area contributed by atoms with E-state index in [1.54, 1.807) is 12.3 Å². The number of carbonyl (C=O) groups is 1. The summed E-state index contributed by atoms with van der Waals surface area (Å²) in [6.07, 6.45) is 6.60. The fourth-order valence-corrected chi connectivity index (χ4v) is 4.74. The second kappa shape index (κ2) is 4.51. The predicted octanol–water partition coefficient (Wildman–Crippen LogP) is 5.09. The van der Waals surface area contributed by atoms with E-state index in [0.29, 0.717) is 16.0 Å². The lowest BCUT2D eigenvalue weighted by Crippen LogP contribution is -2.20. The molecule has 2 nitrogen and oxygen atoms in total. The summed E-state index contributed by atoms with van der Waals surface area (Å²) < 4.78 is 0. The van der Waals surface area contributed by atoms with Crippen LogP contribution in [0.1, 0.15) is 36.0 Å². The van der Waals surface area contributed by atoms with Gasteiger partial charge >= 0.3 is 0 Å². The summed E-state index contributed by atoms with van der Waals surface area (Å²) in [6.45, 7) is 0. The summed E-state index contributed by atoms with van der Waals surface area (Å²) in [5.74, 6) is 1.81. The molecule has 4 heteroatoms. The third-order valence-electron chi connectivity index (χ3n) is 5.04. The average molecular weight is 308 g/mol. The number of aromatic nitrogens is 1. The van der Waals surface area contributed by atoms with Crippen LogP contribution in [0.15, 0.2) is 18.3 Å². The van der Waals surface area contributed by atoms with Gasteiger partial charge in [-0.15, -0.1) is 0 Å². The maximum atomic E-state index is 12.8. The number of H-pyrrole nitrogens is 1. The Balaban J connectivity index is 1.77. The monoisotopic (exact) mass is 307 g/mol. The molecule has 2 aliphatic rings. The van der Waals surface area contributed by atoms with Crippen molar-refractivity contribution in [2.45, 2.75) is 25.7 Å². The van der Waals surface area contributed by atoms with Crippen LogP contribution in [0, 0.1) is 17.8 Å². The molecule has 2 saturated carbocycles. The topological polar surface area (TPSA) is 32.9 Å². The van der Waals surface area contributed by atoms with Crippen molar-refractivity contribution in [2.24, 2.45) is 17.8 Å². The molecule has 2 aromatic rings.